The third-order valence-corrected chi connectivity index (χ3v) is 7.08. The average molecular weight is 441 g/mol. The molecule has 2 aromatic rings. The van der Waals surface area contributed by atoms with Crippen LogP contribution in [0.15, 0.2) is 53.4 Å². The number of benzene rings is 2. The SMILES string of the molecule is NC(=O)C[C@@]1(COc2cccc(Cl)c2)CCCN(S(=O)(=O)c2ccccc2F)C1. The Kier molecular flexibility index (Phi) is 6.45. The molecule has 0 saturated carbocycles. The van der Waals surface area contributed by atoms with Crippen LogP contribution < -0.4 is 10.5 Å². The van der Waals surface area contributed by atoms with E-state index in [2.05, 4.69) is 0 Å². The summed E-state index contributed by atoms with van der Waals surface area (Å²) in [5, 5.41) is 0.499. The molecule has 0 unspecified atom stereocenters. The Hall–Kier alpha value is -2.16. The summed E-state index contributed by atoms with van der Waals surface area (Å²) in [6.07, 6.45) is 1.01. The van der Waals surface area contributed by atoms with E-state index in [1.54, 1.807) is 24.3 Å². The number of sulfonamides is 1. The van der Waals surface area contributed by atoms with Crippen LogP contribution in [0.3, 0.4) is 0 Å². The maximum Gasteiger partial charge on any atom is 0.246 e. The smallest absolute Gasteiger partial charge is 0.246 e. The van der Waals surface area contributed by atoms with Crippen LogP contribution in [-0.4, -0.2) is 38.3 Å². The molecule has 9 heteroatoms. The van der Waals surface area contributed by atoms with Gasteiger partial charge >= 0.3 is 0 Å². The number of primary amides is 1. The van der Waals surface area contributed by atoms with Gasteiger partial charge in [-0.1, -0.05) is 29.8 Å². The van der Waals surface area contributed by atoms with Gasteiger partial charge in [0.05, 0.1) is 6.61 Å². The first-order valence-corrected chi connectivity index (χ1v) is 11.0. The highest BCUT2D eigenvalue weighted by molar-refractivity contribution is 7.89. The number of piperidine rings is 1. The van der Waals surface area contributed by atoms with Gasteiger partial charge in [-0.3, -0.25) is 4.79 Å². The van der Waals surface area contributed by atoms with Gasteiger partial charge in [0.2, 0.25) is 15.9 Å². The summed E-state index contributed by atoms with van der Waals surface area (Å²) in [5.41, 5.74) is 4.63. The topological polar surface area (TPSA) is 89.7 Å². The molecule has 1 aliphatic heterocycles. The standard InChI is InChI=1S/C20H22ClFN2O4S/c21-15-5-3-6-16(11-15)28-14-20(12-19(23)25)9-4-10-24(13-20)29(26,27)18-8-2-1-7-17(18)22/h1-3,5-8,11H,4,9-10,12-14H2,(H2,23,25)/t20-/m0/s1. The van der Waals surface area contributed by atoms with E-state index in [4.69, 9.17) is 22.1 Å². The fourth-order valence-electron chi connectivity index (χ4n) is 3.64. The number of hydrogen-bond acceptors (Lipinski definition) is 4. The second-order valence-corrected chi connectivity index (χ2v) is 9.60. The summed E-state index contributed by atoms with van der Waals surface area (Å²) in [7, 11) is -4.06. The van der Waals surface area contributed by atoms with E-state index in [-0.39, 0.29) is 31.0 Å². The molecule has 2 N–H and O–H groups in total. The normalized spacial score (nSPS) is 20.3. The highest BCUT2D eigenvalue weighted by atomic mass is 35.5. The third-order valence-electron chi connectivity index (χ3n) is 4.97. The molecular formula is C20H22ClFN2O4S. The molecule has 0 spiro atoms. The Balaban J connectivity index is 1.85. The van der Waals surface area contributed by atoms with E-state index in [0.29, 0.717) is 23.6 Å². The molecule has 0 bridgehead atoms. The molecule has 1 amide bonds. The molecule has 2 aromatic carbocycles. The molecule has 0 aromatic heterocycles. The van der Waals surface area contributed by atoms with Crippen molar-refractivity contribution in [1.82, 2.24) is 4.31 Å². The number of ether oxygens (including phenoxy) is 1. The lowest BCUT2D eigenvalue weighted by Gasteiger charge is -2.41. The number of carbonyl (C=O) groups is 1. The van der Waals surface area contributed by atoms with E-state index in [0.717, 1.165) is 6.07 Å². The predicted molar refractivity (Wildman–Crippen MR) is 108 cm³/mol. The fourth-order valence-corrected chi connectivity index (χ4v) is 5.47. The monoisotopic (exact) mass is 440 g/mol. The number of carbonyl (C=O) groups excluding carboxylic acids is 1. The zero-order chi connectivity index (χ0) is 21.1. The maximum atomic E-state index is 14.1. The summed E-state index contributed by atoms with van der Waals surface area (Å²) in [4.78, 5) is 11.4. The average Bonchev–Trinajstić information content (AvgIpc) is 2.66. The molecule has 1 aliphatic rings. The first-order valence-electron chi connectivity index (χ1n) is 9.13. The summed E-state index contributed by atoms with van der Waals surface area (Å²) < 4.78 is 47.2. The van der Waals surface area contributed by atoms with Crippen LogP contribution in [0.4, 0.5) is 4.39 Å². The number of amides is 1. The van der Waals surface area contributed by atoms with Crippen LogP contribution in [0.1, 0.15) is 19.3 Å². The van der Waals surface area contributed by atoms with Gasteiger partial charge in [0.15, 0.2) is 0 Å². The van der Waals surface area contributed by atoms with Crippen LogP contribution in [-0.2, 0) is 14.8 Å². The molecule has 0 radical (unpaired) electrons. The molecule has 0 aliphatic carbocycles. The predicted octanol–water partition coefficient (Wildman–Crippen LogP) is 3.20. The largest absolute Gasteiger partial charge is 0.493 e. The molecule has 29 heavy (non-hydrogen) atoms. The zero-order valence-corrected chi connectivity index (χ0v) is 17.3. The maximum absolute atomic E-state index is 14.1. The van der Waals surface area contributed by atoms with E-state index >= 15 is 0 Å². The van der Waals surface area contributed by atoms with Crippen LogP contribution >= 0.6 is 11.6 Å². The van der Waals surface area contributed by atoms with Crippen molar-refractivity contribution in [3.05, 3.63) is 59.4 Å². The van der Waals surface area contributed by atoms with Crippen molar-refractivity contribution in [1.29, 1.82) is 0 Å². The fraction of sp³-hybridized carbons (Fsp3) is 0.350. The highest BCUT2D eigenvalue weighted by Gasteiger charge is 2.42. The summed E-state index contributed by atoms with van der Waals surface area (Å²) in [6.45, 7) is 0.321. The van der Waals surface area contributed by atoms with Crippen molar-refractivity contribution in [3.8, 4) is 5.75 Å². The Morgan fingerprint density at radius 2 is 2.00 bits per heavy atom. The number of halogens is 2. The van der Waals surface area contributed by atoms with Gasteiger partial charge in [0, 0.05) is 29.9 Å². The van der Waals surface area contributed by atoms with E-state index in [9.17, 15) is 17.6 Å². The Morgan fingerprint density at radius 1 is 1.24 bits per heavy atom. The first-order chi connectivity index (χ1) is 13.7. The quantitative estimate of drug-likeness (QED) is 0.715. The molecule has 6 nitrogen and oxygen atoms in total. The molecule has 1 heterocycles. The molecule has 1 saturated heterocycles. The van der Waals surface area contributed by atoms with Crippen LogP contribution in [0.5, 0.6) is 5.75 Å². The van der Waals surface area contributed by atoms with Crippen molar-refractivity contribution in [2.75, 3.05) is 19.7 Å². The number of rotatable bonds is 7. The Labute approximate surface area is 174 Å². The summed E-state index contributed by atoms with van der Waals surface area (Å²) in [6, 6.07) is 12.0. The Bertz CT molecular complexity index is 1000. The van der Waals surface area contributed by atoms with E-state index < -0.39 is 27.2 Å². The van der Waals surface area contributed by atoms with Gasteiger partial charge < -0.3 is 10.5 Å². The van der Waals surface area contributed by atoms with Crippen molar-refractivity contribution in [2.45, 2.75) is 24.2 Å². The second kappa shape index (κ2) is 8.69. The van der Waals surface area contributed by atoms with Gasteiger partial charge in [0.1, 0.15) is 16.5 Å². The zero-order valence-electron chi connectivity index (χ0n) is 15.7. The van der Waals surface area contributed by atoms with Crippen molar-refractivity contribution in [3.63, 3.8) is 0 Å². The molecular weight excluding hydrogens is 419 g/mol. The summed E-state index contributed by atoms with van der Waals surface area (Å²) in [5.74, 6) is -0.853. The first kappa shape index (κ1) is 21.5. The van der Waals surface area contributed by atoms with Gasteiger partial charge in [-0.05, 0) is 43.2 Å². The van der Waals surface area contributed by atoms with Gasteiger partial charge in [0.25, 0.3) is 0 Å². The van der Waals surface area contributed by atoms with Gasteiger partial charge in [-0.25, -0.2) is 12.8 Å². The lowest BCUT2D eigenvalue weighted by Crippen LogP contribution is -2.50. The highest BCUT2D eigenvalue weighted by Crippen LogP contribution is 2.37. The summed E-state index contributed by atoms with van der Waals surface area (Å²) >= 11 is 5.97. The van der Waals surface area contributed by atoms with Crippen LogP contribution in [0.25, 0.3) is 0 Å². The minimum absolute atomic E-state index is 0.00712. The van der Waals surface area contributed by atoms with Crippen molar-refractivity contribution < 1.29 is 22.3 Å². The van der Waals surface area contributed by atoms with Crippen LogP contribution in [0, 0.1) is 11.2 Å². The minimum Gasteiger partial charge on any atom is -0.493 e. The van der Waals surface area contributed by atoms with E-state index in [1.807, 2.05) is 0 Å². The third kappa shape index (κ3) is 5.07. The van der Waals surface area contributed by atoms with Crippen LogP contribution in [0.2, 0.25) is 5.02 Å². The number of hydrogen-bond donors (Lipinski definition) is 1. The molecule has 156 valence electrons. The minimum atomic E-state index is -4.06. The Morgan fingerprint density at radius 3 is 2.69 bits per heavy atom. The number of nitrogens with zero attached hydrogens (tertiary/aromatic N) is 1. The van der Waals surface area contributed by atoms with Gasteiger partial charge in [-0.15, -0.1) is 0 Å². The van der Waals surface area contributed by atoms with E-state index in [1.165, 1.54) is 22.5 Å². The number of nitrogens with two attached hydrogens (primary N) is 1. The molecule has 1 atom stereocenters. The molecule has 1 fully saturated rings. The van der Waals surface area contributed by atoms with Crippen molar-refractivity contribution >= 4 is 27.5 Å². The van der Waals surface area contributed by atoms with Gasteiger partial charge in [-0.2, -0.15) is 4.31 Å². The molecule has 3 rings (SSSR count). The lowest BCUT2D eigenvalue weighted by molar-refractivity contribution is -0.121. The lowest BCUT2D eigenvalue weighted by atomic mass is 9.78. The van der Waals surface area contributed by atoms with Crippen molar-refractivity contribution in [2.24, 2.45) is 11.1 Å². The second-order valence-electron chi connectivity index (χ2n) is 7.26.